The van der Waals surface area contributed by atoms with Crippen molar-refractivity contribution in [3.63, 3.8) is 0 Å². The highest BCUT2D eigenvalue weighted by atomic mass is 35.5. The van der Waals surface area contributed by atoms with Crippen molar-refractivity contribution in [1.29, 1.82) is 0 Å². The lowest BCUT2D eigenvalue weighted by molar-refractivity contribution is 1.31. The first kappa shape index (κ1) is 5.57. The summed E-state index contributed by atoms with van der Waals surface area (Å²) in [5.74, 6) is 0. The van der Waals surface area contributed by atoms with Crippen molar-refractivity contribution in [2.75, 3.05) is 0 Å². The topological polar surface area (TPSA) is 12.9 Å². The average Bonchev–Trinajstić information content (AvgIpc) is 1.64. The summed E-state index contributed by atoms with van der Waals surface area (Å²) >= 11 is 5.45. The molecule has 0 N–H and O–H groups in total. The van der Waals surface area contributed by atoms with Crippen molar-refractivity contribution in [3.8, 4) is 0 Å². The van der Waals surface area contributed by atoms with E-state index >= 15 is 0 Å². The van der Waals surface area contributed by atoms with E-state index in [9.17, 15) is 0 Å². The Kier molecular flexibility index (Phi) is 1.49. The van der Waals surface area contributed by atoms with E-state index in [0.29, 0.717) is 10.7 Å². The zero-order valence-electron chi connectivity index (χ0n) is 4.13. The first-order valence-electron chi connectivity index (χ1n) is 2.16. The van der Waals surface area contributed by atoms with Crippen LogP contribution in [0.15, 0.2) is 18.3 Å². The van der Waals surface area contributed by atoms with Gasteiger partial charge in [0.2, 0.25) is 0 Å². The number of pyridine rings is 1. The molecule has 40 valence electrons. The Morgan fingerprint density at radius 2 is 2.38 bits per heavy atom. The monoisotopic (exact) mass is 125 g/mol. The van der Waals surface area contributed by atoms with E-state index in [2.05, 4.69) is 4.98 Å². The van der Waals surface area contributed by atoms with E-state index in [4.69, 9.17) is 18.5 Å². The number of hydrogen-bond donors (Lipinski definition) is 0. The molecule has 2 radical (unpaired) electrons. The normalized spacial score (nSPS) is 9.25. The minimum absolute atomic E-state index is 0.435. The summed E-state index contributed by atoms with van der Waals surface area (Å²) in [6.45, 7) is 5.33. The van der Waals surface area contributed by atoms with Crippen LogP contribution in [0.1, 0.15) is 5.56 Å². The summed E-state index contributed by atoms with van der Waals surface area (Å²) in [5.41, 5.74) is 0.644. The smallest absolute Gasteiger partial charge is 0.129 e. The van der Waals surface area contributed by atoms with E-state index < -0.39 is 0 Å². The van der Waals surface area contributed by atoms with Gasteiger partial charge >= 0.3 is 0 Å². The van der Waals surface area contributed by atoms with Gasteiger partial charge in [0.25, 0.3) is 0 Å². The molecule has 0 saturated heterocycles. The quantitative estimate of drug-likeness (QED) is 0.482. The summed E-state index contributed by atoms with van der Waals surface area (Å²) in [4.78, 5) is 3.73. The highest BCUT2D eigenvalue weighted by Crippen LogP contribution is 2.04. The van der Waals surface area contributed by atoms with Gasteiger partial charge in [-0.25, -0.2) is 4.98 Å². The lowest BCUT2D eigenvalue weighted by Gasteiger charge is -1.87. The van der Waals surface area contributed by atoms with Gasteiger partial charge in [-0.15, -0.1) is 0 Å². The van der Waals surface area contributed by atoms with Crippen LogP contribution in [0.5, 0.6) is 0 Å². The summed E-state index contributed by atoms with van der Waals surface area (Å²) < 4.78 is 0. The maximum absolute atomic E-state index is 5.45. The molecular weight excluding hydrogens is 122 g/mol. The Labute approximate surface area is 53.3 Å². The standard InChI is InChI=1S/C6H4ClN/c1-5-2-3-8-6(7)4-5/h1-4H. The number of nitrogens with zero attached hydrogens (tertiary/aromatic N) is 1. The van der Waals surface area contributed by atoms with Gasteiger partial charge in [-0.3, -0.25) is 0 Å². The Morgan fingerprint density at radius 1 is 1.62 bits per heavy atom. The highest BCUT2D eigenvalue weighted by Gasteiger charge is 1.84. The van der Waals surface area contributed by atoms with Crippen LogP contribution in [0, 0.1) is 6.92 Å². The van der Waals surface area contributed by atoms with Gasteiger partial charge in [0.05, 0.1) is 0 Å². The minimum Gasteiger partial charge on any atom is -0.245 e. The number of aromatic nitrogens is 1. The summed E-state index contributed by atoms with van der Waals surface area (Å²) in [5, 5.41) is 0.435. The summed E-state index contributed by atoms with van der Waals surface area (Å²) in [6.07, 6.45) is 1.57. The number of rotatable bonds is 0. The Bertz CT molecular complexity index is 168. The second-order valence-electron chi connectivity index (χ2n) is 1.41. The SMILES string of the molecule is [CH]c1ccnc(Cl)c1. The van der Waals surface area contributed by atoms with E-state index in [1.807, 2.05) is 0 Å². The molecule has 1 rings (SSSR count). The summed E-state index contributed by atoms with van der Waals surface area (Å²) in [7, 11) is 0. The van der Waals surface area contributed by atoms with E-state index in [1.54, 1.807) is 18.3 Å². The van der Waals surface area contributed by atoms with Crippen LogP contribution in [0.2, 0.25) is 5.15 Å². The van der Waals surface area contributed by atoms with Crippen LogP contribution < -0.4 is 0 Å². The molecule has 1 aromatic rings. The van der Waals surface area contributed by atoms with Crippen LogP contribution in [0.25, 0.3) is 0 Å². The summed E-state index contributed by atoms with van der Waals surface area (Å²) in [6, 6.07) is 3.29. The van der Waals surface area contributed by atoms with Gasteiger partial charge < -0.3 is 0 Å². The zero-order valence-corrected chi connectivity index (χ0v) is 4.89. The van der Waals surface area contributed by atoms with E-state index in [0.717, 1.165) is 0 Å². The van der Waals surface area contributed by atoms with Crippen molar-refractivity contribution >= 4 is 11.6 Å². The molecule has 0 amide bonds. The van der Waals surface area contributed by atoms with Crippen LogP contribution in [0.4, 0.5) is 0 Å². The minimum atomic E-state index is 0.435. The maximum atomic E-state index is 5.45. The van der Waals surface area contributed by atoms with Gasteiger partial charge in [0.15, 0.2) is 0 Å². The van der Waals surface area contributed by atoms with Gasteiger partial charge in [0, 0.05) is 6.20 Å². The second-order valence-corrected chi connectivity index (χ2v) is 1.80. The van der Waals surface area contributed by atoms with Gasteiger partial charge in [0.1, 0.15) is 5.15 Å². The fraction of sp³-hybridized carbons (Fsp3) is 0. The van der Waals surface area contributed by atoms with Crippen molar-refractivity contribution < 1.29 is 0 Å². The Morgan fingerprint density at radius 3 is 2.75 bits per heavy atom. The maximum Gasteiger partial charge on any atom is 0.129 e. The molecule has 8 heavy (non-hydrogen) atoms. The average molecular weight is 126 g/mol. The molecule has 0 aromatic carbocycles. The third kappa shape index (κ3) is 1.20. The first-order chi connectivity index (χ1) is 3.79. The largest absolute Gasteiger partial charge is 0.245 e. The Balaban J connectivity index is 3.08. The van der Waals surface area contributed by atoms with Crippen LogP contribution in [0.3, 0.4) is 0 Å². The van der Waals surface area contributed by atoms with Gasteiger partial charge in [-0.05, 0) is 24.6 Å². The predicted octanol–water partition coefficient (Wildman–Crippen LogP) is 1.79. The third-order valence-electron chi connectivity index (χ3n) is 0.751. The van der Waals surface area contributed by atoms with Crippen molar-refractivity contribution in [3.05, 3.63) is 36.0 Å². The molecule has 0 spiro atoms. The van der Waals surface area contributed by atoms with Crippen molar-refractivity contribution in [2.45, 2.75) is 0 Å². The molecule has 0 aliphatic carbocycles. The first-order valence-corrected chi connectivity index (χ1v) is 2.54. The second kappa shape index (κ2) is 2.14. The molecule has 2 heteroatoms. The van der Waals surface area contributed by atoms with E-state index in [1.165, 1.54) is 0 Å². The molecule has 0 saturated carbocycles. The number of hydrogen-bond acceptors (Lipinski definition) is 1. The molecule has 0 atom stereocenters. The van der Waals surface area contributed by atoms with Crippen LogP contribution in [-0.2, 0) is 0 Å². The van der Waals surface area contributed by atoms with Gasteiger partial charge in [-0.1, -0.05) is 11.6 Å². The molecule has 0 unspecified atom stereocenters. The highest BCUT2D eigenvalue weighted by molar-refractivity contribution is 6.29. The molecule has 0 bridgehead atoms. The fourth-order valence-electron chi connectivity index (χ4n) is 0.417. The molecule has 1 heterocycles. The molecule has 1 nitrogen and oxygen atoms in total. The molecule has 0 aliphatic heterocycles. The predicted molar refractivity (Wildman–Crippen MR) is 32.6 cm³/mol. The van der Waals surface area contributed by atoms with Crippen molar-refractivity contribution in [1.82, 2.24) is 4.98 Å². The third-order valence-corrected chi connectivity index (χ3v) is 0.957. The van der Waals surface area contributed by atoms with Crippen LogP contribution in [-0.4, -0.2) is 4.98 Å². The van der Waals surface area contributed by atoms with Crippen molar-refractivity contribution in [2.24, 2.45) is 0 Å². The van der Waals surface area contributed by atoms with Crippen LogP contribution >= 0.6 is 11.6 Å². The fourth-order valence-corrected chi connectivity index (χ4v) is 0.600. The molecular formula is C6H4ClN. The Hall–Kier alpha value is -0.560. The lowest BCUT2D eigenvalue weighted by atomic mass is 10.3. The zero-order chi connectivity index (χ0) is 5.98. The van der Waals surface area contributed by atoms with Gasteiger partial charge in [-0.2, -0.15) is 0 Å². The van der Waals surface area contributed by atoms with E-state index in [-0.39, 0.29) is 0 Å². The number of halogens is 1. The molecule has 1 aromatic heterocycles. The molecule has 0 fully saturated rings. The molecule has 0 aliphatic rings. The lowest BCUT2D eigenvalue weighted by Crippen LogP contribution is -1.73.